The Kier molecular flexibility index (Phi) is 3.46. The Morgan fingerprint density at radius 2 is 2.05 bits per heavy atom. The monoisotopic (exact) mass is 298 g/mol. The van der Waals surface area contributed by atoms with Crippen molar-refractivity contribution in [1.29, 1.82) is 0 Å². The number of hydrogen-bond acceptors (Lipinski definition) is 5. The lowest BCUT2D eigenvalue weighted by atomic mass is 10.0. The van der Waals surface area contributed by atoms with Gasteiger partial charge >= 0.3 is 5.97 Å². The maximum absolute atomic E-state index is 11.4. The Balaban J connectivity index is 2.28. The number of aliphatic carboxylic acids is 1. The van der Waals surface area contributed by atoms with Gasteiger partial charge in [-0.2, -0.15) is 0 Å². The molecule has 2 N–H and O–H groups in total. The van der Waals surface area contributed by atoms with E-state index in [9.17, 15) is 15.0 Å². The summed E-state index contributed by atoms with van der Waals surface area (Å²) in [6, 6.07) is 9.93. The molecular formula is C15H14N4O3. The van der Waals surface area contributed by atoms with Crippen LogP contribution in [-0.4, -0.2) is 36.4 Å². The maximum atomic E-state index is 11.4. The zero-order valence-corrected chi connectivity index (χ0v) is 11.8. The molecule has 0 aliphatic rings. The van der Waals surface area contributed by atoms with Crippen LogP contribution in [0.5, 0.6) is 5.75 Å². The van der Waals surface area contributed by atoms with Crippen molar-refractivity contribution in [2.24, 2.45) is 0 Å². The number of fused-ring (bicyclic) bond motifs is 1. The van der Waals surface area contributed by atoms with E-state index in [1.54, 1.807) is 19.1 Å². The molecule has 0 spiro atoms. The lowest BCUT2D eigenvalue weighted by Gasteiger charge is -2.13. The van der Waals surface area contributed by atoms with Crippen LogP contribution in [0, 0.1) is 0 Å². The minimum atomic E-state index is -1.02. The molecule has 0 bridgehead atoms. The highest BCUT2D eigenvalue weighted by Crippen LogP contribution is 2.35. The fourth-order valence-electron chi connectivity index (χ4n) is 2.52. The molecule has 0 amide bonds. The lowest BCUT2D eigenvalue weighted by molar-refractivity contribution is -0.141. The third-order valence-corrected chi connectivity index (χ3v) is 3.59. The van der Waals surface area contributed by atoms with Crippen LogP contribution in [0.2, 0.25) is 0 Å². The molecule has 112 valence electrons. The van der Waals surface area contributed by atoms with Crippen molar-refractivity contribution in [3.8, 4) is 17.1 Å². The summed E-state index contributed by atoms with van der Waals surface area (Å²) in [5, 5.41) is 32.5. The fraction of sp³-hybridized carbons (Fsp3) is 0.200. The zero-order valence-electron chi connectivity index (χ0n) is 11.8. The largest absolute Gasteiger partial charge is 0.507 e. The number of carbonyl (C=O) groups is 1. The molecule has 0 aliphatic carbocycles. The summed E-state index contributed by atoms with van der Waals surface area (Å²) in [5.74, 6) is -0.769. The number of phenols is 1. The molecule has 1 atom stereocenters. The smallest absolute Gasteiger partial charge is 0.328 e. The Morgan fingerprint density at radius 3 is 2.77 bits per heavy atom. The van der Waals surface area contributed by atoms with E-state index < -0.39 is 12.0 Å². The van der Waals surface area contributed by atoms with Crippen molar-refractivity contribution >= 4 is 16.7 Å². The first-order valence-corrected chi connectivity index (χ1v) is 6.85. The minimum absolute atomic E-state index is 0.00925. The lowest BCUT2D eigenvalue weighted by Crippen LogP contribution is -2.20. The van der Waals surface area contributed by atoms with Gasteiger partial charge in [-0.05, 0) is 33.7 Å². The molecule has 0 saturated heterocycles. The standard InChI is InChI=1S/C15H14N4O3/c1-2-11(15(21)22)19-14(16-17-18-19)13-10-6-4-3-5-9(10)7-8-12(13)20/h3-8,11,20H,2H2,1H3,(H,21,22). The number of nitrogens with zero attached hydrogens (tertiary/aromatic N) is 4. The Bertz CT molecular complexity index is 844. The van der Waals surface area contributed by atoms with Crippen LogP contribution in [0.4, 0.5) is 0 Å². The van der Waals surface area contributed by atoms with Crippen LogP contribution in [0.3, 0.4) is 0 Å². The summed E-state index contributed by atoms with van der Waals surface area (Å²) < 4.78 is 1.24. The third kappa shape index (κ3) is 2.16. The number of carboxylic acids is 1. The van der Waals surface area contributed by atoms with E-state index in [0.29, 0.717) is 12.0 Å². The summed E-state index contributed by atoms with van der Waals surface area (Å²) in [6.07, 6.45) is 0.332. The van der Waals surface area contributed by atoms with Gasteiger partial charge in [0.05, 0.1) is 5.56 Å². The molecule has 3 rings (SSSR count). The second kappa shape index (κ2) is 5.44. The average Bonchev–Trinajstić information content (AvgIpc) is 2.96. The van der Waals surface area contributed by atoms with Crippen LogP contribution in [0.1, 0.15) is 19.4 Å². The second-order valence-corrected chi connectivity index (χ2v) is 4.89. The van der Waals surface area contributed by atoms with Gasteiger partial charge < -0.3 is 10.2 Å². The molecule has 0 radical (unpaired) electrons. The maximum Gasteiger partial charge on any atom is 0.328 e. The first-order chi connectivity index (χ1) is 10.6. The first kappa shape index (κ1) is 14.0. The number of aromatic hydroxyl groups is 1. The molecule has 0 fully saturated rings. The van der Waals surface area contributed by atoms with E-state index in [4.69, 9.17) is 0 Å². The molecule has 1 heterocycles. The summed E-state index contributed by atoms with van der Waals surface area (Å²) in [5.41, 5.74) is 0.433. The van der Waals surface area contributed by atoms with E-state index in [0.717, 1.165) is 10.8 Å². The van der Waals surface area contributed by atoms with Gasteiger partial charge in [0.1, 0.15) is 5.75 Å². The number of aromatic nitrogens is 4. The molecule has 1 unspecified atom stereocenters. The molecular weight excluding hydrogens is 284 g/mol. The number of phenolic OH excluding ortho intramolecular Hbond substituents is 1. The first-order valence-electron chi connectivity index (χ1n) is 6.85. The summed E-state index contributed by atoms with van der Waals surface area (Å²) in [6.45, 7) is 1.74. The second-order valence-electron chi connectivity index (χ2n) is 4.89. The molecule has 3 aromatic rings. The van der Waals surface area contributed by atoms with Crippen LogP contribution in [0.15, 0.2) is 36.4 Å². The molecule has 7 nitrogen and oxygen atoms in total. The van der Waals surface area contributed by atoms with Gasteiger partial charge in [-0.1, -0.05) is 37.3 Å². The zero-order chi connectivity index (χ0) is 15.7. The van der Waals surface area contributed by atoms with Crippen LogP contribution in [0.25, 0.3) is 22.2 Å². The normalized spacial score (nSPS) is 12.4. The van der Waals surface area contributed by atoms with E-state index in [2.05, 4.69) is 15.5 Å². The van der Waals surface area contributed by atoms with Crippen molar-refractivity contribution in [1.82, 2.24) is 20.2 Å². The Hall–Kier alpha value is -2.96. The van der Waals surface area contributed by atoms with E-state index in [1.807, 2.05) is 24.3 Å². The molecule has 1 aromatic heterocycles. The van der Waals surface area contributed by atoms with Crippen molar-refractivity contribution in [2.75, 3.05) is 0 Å². The van der Waals surface area contributed by atoms with Gasteiger partial charge in [-0.15, -0.1) is 5.10 Å². The van der Waals surface area contributed by atoms with E-state index in [-0.39, 0.29) is 11.6 Å². The molecule has 0 aliphatic heterocycles. The predicted octanol–water partition coefficient (Wildman–Crippen LogP) is 2.23. The number of tetrazole rings is 1. The van der Waals surface area contributed by atoms with Crippen molar-refractivity contribution in [3.05, 3.63) is 36.4 Å². The molecule has 7 heteroatoms. The van der Waals surface area contributed by atoms with Crippen molar-refractivity contribution in [2.45, 2.75) is 19.4 Å². The van der Waals surface area contributed by atoms with Gasteiger partial charge in [-0.3, -0.25) is 0 Å². The van der Waals surface area contributed by atoms with E-state index in [1.165, 1.54) is 4.68 Å². The van der Waals surface area contributed by atoms with Crippen LogP contribution < -0.4 is 0 Å². The highest BCUT2D eigenvalue weighted by Gasteiger charge is 2.25. The number of benzene rings is 2. The van der Waals surface area contributed by atoms with Crippen LogP contribution in [-0.2, 0) is 4.79 Å². The van der Waals surface area contributed by atoms with Gasteiger partial charge in [0.2, 0.25) is 0 Å². The highest BCUT2D eigenvalue weighted by atomic mass is 16.4. The number of rotatable bonds is 4. The minimum Gasteiger partial charge on any atom is -0.507 e. The summed E-state index contributed by atoms with van der Waals surface area (Å²) in [4.78, 5) is 11.4. The van der Waals surface area contributed by atoms with Gasteiger partial charge in [0, 0.05) is 0 Å². The summed E-state index contributed by atoms with van der Waals surface area (Å²) >= 11 is 0. The number of hydrogen-bond donors (Lipinski definition) is 2. The Morgan fingerprint density at radius 1 is 1.27 bits per heavy atom. The molecule has 22 heavy (non-hydrogen) atoms. The summed E-state index contributed by atoms with van der Waals surface area (Å²) in [7, 11) is 0. The third-order valence-electron chi connectivity index (χ3n) is 3.59. The average molecular weight is 298 g/mol. The topological polar surface area (TPSA) is 101 Å². The van der Waals surface area contributed by atoms with E-state index >= 15 is 0 Å². The van der Waals surface area contributed by atoms with Gasteiger partial charge in [-0.25, -0.2) is 9.48 Å². The SMILES string of the molecule is CCC(C(=O)O)n1nnnc1-c1c(O)ccc2ccccc12. The molecule has 0 saturated carbocycles. The molecule has 2 aromatic carbocycles. The van der Waals surface area contributed by atoms with Crippen LogP contribution >= 0.6 is 0 Å². The quantitative estimate of drug-likeness (QED) is 0.766. The van der Waals surface area contributed by atoms with Crippen molar-refractivity contribution < 1.29 is 15.0 Å². The highest BCUT2D eigenvalue weighted by molar-refractivity contribution is 5.98. The van der Waals surface area contributed by atoms with Gasteiger partial charge in [0.25, 0.3) is 0 Å². The fourth-order valence-corrected chi connectivity index (χ4v) is 2.52. The Labute approximate surface area is 125 Å². The predicted molar refractivity (Wildman–Crippen MR) is 79.4 cm³/mol. The van der Waals surface area contributed by atoms with Gasteiger partial charge in [0.15, 0.2) is 11.9 Å². The van der Waals surface area contributed by atoms with Crippen molar-refractivity contribution in [3.63, 3.8) is 0 Å². The number of carboxylic acid groups (broad SMARTS) is 1.